The van der Waals surface area contributed by atoms with Gasteiger partial charge in [0, 0.05) is 55.5 Å². The maximum Gasteiger partial charge on any atom is 0.438 e. The molecule has 3 aliphatic rings. The van der Waals surface area contributed by atoms with E-state index in [9.17, 15) is 9.59 Å². The zero-order valence-electron chi connectivity index (χ0n) is 38.1. The predicted octanol–water partition coefficient (Wildman–Crippen LogP) is 7.31. The van der Waals surface area contributed by atoms with Crippen LogP contribution in [0.4, 0.5) is 8.78 Å². The molecule has 2 fully saturated rings. The quantitative estimate of drug-likeness (QED) is 0.148. The summed E-state index contributed by atoms with van der Waals surface area (Å²) in [5, 5.41) is 14.7. The highest BCUT2D eigenvalue weighted by Crippen LogP contribution is 2.51. The topological polar surface area (TPSA) is 165 Å². The molecule has 67 heavy (non-hydrogen) atoms. The van der Waals surface area contributed by atoms with Crippen molar-refractivity contribution in [1.82, 2.24) is 48.3 Å². The van der Waals surface area contributed by atoms with E-state index in [1.54, 1.807) is 65.7 Å². The fraction of sp³-hybridized carbons (Fsp3) is 0.388. The fourth-order valence-electron chi connectivity index (χ4n) is 10.6. The van der Waals surface area contributed by atoms with Gasteiger partial charge in [-0.25, -0.2) is 23.1 Å². The van der Waals surface area contributed by atoms with Crippen LogP contribution in [-0.2, 0) is 28.0 Å². The van der Waals surface area contributed by atoms with E-state index in [0.29, 0.717) is 96.5 Å². The van der Waals surface area contributed by atoms with Gasteiger partial charge in [-0.1, -0.05) is 11.2 Å². The van der Waals surface area contributed by atoms with Crippen LogP contribution in [-0.4, -0.2) is 86.7 Å². The Morgan fingerprint density at radius 2 is 1.75 bits per heavy atom. The molecular weight excluding hydrogens is 863 g/mol. The number of nitrogens with zero attached hydrogens (tertiary/aromatic N) is 9. The summed E-state index contributed by atoms with van der Waals surface area (Å²) in [6.07, 6.45) is 7.80. The van der Waals surface area contributed by atoms with Gasteiger partial charge in [-0.2, -0.15) is 10.2 Å². The number of imidazole rings is 1. The number of hydrogen-bond acceptors (Lipinski definition) is 9. The van der Waals surface area contributed by atoms with Crippen LogP contribution < -0.4 is 11.4 Å². The SMILES string of the molecule is COCCn1ncc2c(F)c(-n3ccn(-c4c5c(nn4-c4cc(C)c(F)c(C)c4)CCN(C(=O)c4cc6cc([C@H]7CCOC(C)(C)C7)ccc6n4C4(c6noc(=O)[nH]6)CC4)[C@H]5C)c3=O)ccc21. The zero-order chi connectivity index (χ0) is 46.7. The number of carbonyl (C=O) groups excluding carboxylic acids is 1. The van der Waals surface area contributed by atoms with Crippen molar-refractivity contribution >= 4 is 27.7 Å². The number of nitrogens with one attached hydrogen (secondary N) is 1. The molecule has 8 aromatic rings. The van der Waals surface area contributed by atoms with Gasteiger partial charge in [-0.05, 0) is 125 Å². The van der Waals surface area contributed by atoms with Crippen LogP contribution >= 0.6 is 0 Å². The number of aryl methyl sites for hydroxylation is 2. The Morgan fingerprint density at radius 1 is 0.985 bits per heavy atom. The van der Waals surface area contributed by atoms with E-state index in [-0.39, 0.29) is 34.3 Å². The molecular formula is C49H50F2N10O6. The molecule has 3 aromatic carbocycles. The minimum Gasteiger partial charge on any atom is -0.383 e. The van der Waals surface area contributed by atoms with Crippen LogP contribution in [0.25, 0.3) is 39.0 Å². The first kappa shape index (κ1) is 42.7. The molecule has 2 atom stereocenters. The summed E-state index contributed by atoms with van der Waals surface area (Å²) >= 11 is 0. The number of amides is 1. The van der Waals surface area contributed by atoms with E-state index in [1.165, 1.54) is 21.5 Å². The first-order chi connectivity index (χ1) is 32.2. The smallest absolute Gasteiger partial charge is 0.383 e. The molecule has 1 aliphatic carbocycles. The van der Waals surface area contributed by atoms with E-state index in [4.69, 9.17) is 19.1 Å². The summed E-state index contributed by atoms with van der Waals surface area (Å²) in [5.74, 6) is -0.955. The maximum atomic E-state index is 16.4. The van der Waals surface area contributed by atoms with Crippen molar-refractivity contribution in [2.24, 2.45) is 0 Å². The van der Waals surface area contributed by atoms with E-state index in [2.05, 4.69) is 47.3 Å². The lowest BCUT2D eigenvalue weighted by molar-refractivity contribution is -0.0592. The minimum absolute atomic E-state index is 0.0276. The highest BCUT2D eigenvalue weighted by atomic mass is 19.1. The lowest BCUT2D eigenvalue weighted by atomic mass is 9.83. The molecule has 18 heteroatoms. The van der Waals surface area contributed by atoms with E-state index < -0.39 is 28.8 Å². The third-order valence-corrected chi connectivity index (χ3v) is 14.1. The molecule has 0 unspecified atom stereocenters. The van der Waals surface area contributed by atoms with Gasteiger partial charge in [0.15, 0.2) is 11.6 Å². The van der Waals surface area contributed by atoms with Crippen LogP contribution in [0.3, 0.4) is 0 Å². The Kier molecular flexibility index (Phi) is 9.93. The third-order valence-electron chi connectivity index (χ3n) is 14.1. The van der Waals surface area contributed by atoms with Crippen LogP contribution in [0.1, 0.15) is 103 Å². The van der Waals surface area contributed by atoms with Gasteiger partial charge >= 0.3 is 11.4 Å². The number of H-pyrrole nitrogens is 1. The summed E-state index contributed by atoms with van der Waals surface area (Å²) in [6.45, 7) is 11.2. The number of aromatic amines is 1. The molecule has 1 saturated heterocycles. The average molecular weight is 913 g/mol. The van der Waals surface area contributed by atoms with E-state index >= 15 is 13.6 Å². The zero-order valence-corrected chi connectivity index (χ0v) is 38.1. The number of methoxy groups -OCH3 is 1. The van der Waals surface area contributed by atoms with Gasteiger partial charge in [-0.15, -0.1) is 0 Å². The summed E-state index contributed by atoms with van der Waals surface area (Å²) in [7, 11) is 1.58. The second-order valence-electron chi connectivity index (χ2n) is 18.9. The number of ether oxygens (including phenoxy) is 2. The number of carbonyl (C=O) groups is 1. The average Bonchev–Trinajstić information content (AvgIpc) is 3.79. The first-order valence-corrected chi connectivity index (χ1v) is 22.7. The van der Waals surface area contributed by atoms with Crippen LogP contribution in [0.2, 0.25) is 0 Å². The molecule has 2 aliphatic heterocycles. The Labute approximate surface area is 382 Å². The standard InChI is InChI=1S/C49H50F2N10O6/c1-27-21-33(22-28(2)41(27)50)61-43(58-17-16-57(47(58)64)38-10-9-37-34(42(38)51)26-52-59(37)18-20-65-6)40-29(3)56(15-11-35(40)54-61)44(62)39-24-32-23-30(31-12-19-66-48(4,5)25-31)7-8-36(32)60(39)49(13-14-49)45-53-46(63)67-55-45/h7-10,16-17,21-24,26,29,31H,11-15,18-20,25H2,1-6H3,(H,53,55,63)/t29-,31-/m0/s1. The number of rotatable bonds is 10. The van der Waals surface area contributed by atoms with Crippen molar-refractivity contribution in [3.63, 3.8) is 0 Å². The first-order valence-electron chi connectivity index (χ1n) is 22.7. The van der Waals surface area contributed by atoms with Crippen molar-refractivity contribution in [2.75, 3.05) is 26.9 Å². The van der Waals surface area contributed by atoms with Crippen molar-refractivity contribution in [1.29, 1.82) is 0 Å². The van der Waals surface area contributed by atoms with Gasteiger partial charge in [0.05, 0.1) is 59.0 Å². The van der Waals surface area contributed by atoms with Crippen molar-refractivity contribution in [3.8, 4) is 17.2 Å². The molecule has 0 radical (unpaired) electrons. The largest absolute Gasteiger partial charge is 0.438 e. The Morgan fingerprint density at radius 3 is 2.46 bits per heavy atom. The molecule has 0 bridgehead atoms. The highest BCUT2D eigenvalue weighted by molar-refractivity contribution is 6.00. The Balaban J connectivity index is 1.04. The maximum absolute atomic E-state index is 16.4. The number of aromatic nitrogens is 9. The normalized spacial score (nSPS) is 18.8. The molecule has 0 spiro atoms. The molecule has 7 heterocycles. The van der Waals surface area contributed by atoms with E-state index in [0.717, 1.165) is 29.3 Å². The number of hydrogen-bond donors (Lipinski definition) is 1. The van der Waals surface area contributed by atoms with Crippen LogP contribution in [0, 0.1) is 25.5 Å². The van der Waals surface area contributed by atoms with Crippen LogP contribution in [0.15, 0.2) is 81.2 Å². The van der Waals surface area contributed by atoms with Crippen molar-refractivity contribution < 1.29 is 27.6 Å². The molecule has 5 aromatic heterocycles. The summed E-state index contributed by atoms with van der Waals surface area (Å²) in [4.78, 5) is 47.2. The Bertz CT molecular complexity index is 3390. The lowest BCUT2D eigenvalue weighted by Gasteiger charge is -2.35. The highest BCUT2D eigenvalue weighted by Gasteiger charge is 2.52. The Hall–Kier alpha value is -6.92. The monoisotopic (exact) mass is 912 g/mol. The van der Waals surface area contributed by atoms with E-state index in [1.807, 2.05) is 17.6 Å². The summed E-state index contributed by atoms with van der Waals surface area (Å²) < 4.78 is 55.7. The van der Waals surface area contributed by atoms with Gasteiger partial charge < -0.3 is 18.9 Å². The van der Waals surface area contributed by atoms with Gasteiger partial charge in [0.25, 0.3) is 5.91 Å². The number of fused-ring (bicyclic) bond motifs is 3. The van der Waals surface area contributed by atoms with Crippen molar-refractivity contribution in [3.05, 3.63) is 139 Å². The lowest BCUT2D eigenvalue weighted by Crippen LogP contribution is -2.41. The van der Waals surface area contributed by atoms with Gasteiger partial charge in [-0.3, -0.25) is 28.1 Å². The fourth-order valence-corrected chi connectivity index (χ4v) is 10.6. The molecule has 1 saturated carbocycles. The molecule has 1 N–H and O–H groups in total. The second-order valence-corrected chi connectivity index (χ2v) is 18.9. The second kappa shape index (κ2) is 15.6. The van der Waals surface area contributed by atoms with Crippen molar-refractivity contribution in [2.45, 2.75) is 96.4 Å². The predicted molar refractivity (Wildman–Crippen MR) is 244 cm³/mol. The number of benzene rings is 3. The molecule has 11 rings (SSSR count). The van der Waals surface area contributed by atoms with Gasteiger partial charge in [0.1, 0.15) is 22.9 Å². The minimum atomic E-state index is -0.823. The summed E-state index contributed by atoms with van der Waals surface area (Å²) in [5.41, 5.74) is 3.88. The van der Waals surface area contributed by atoms with Crippen LogP contribution in [0.5, 0.6) is 0 Å². The number of halogens is 2. The molecule has 16 nitrogen and oxygen atoms in total. The molecule has 346 valence electrons. The third kappa shape index (κ3) is 6.81. The van der Waals surface area contributed by atoms with Gasteiger partial charge in [0.2, 0.25) is 0 Å². The molecule has 1 amide bonds. The summed E-state index contributed by atoms with van der Waals surface area (Å²) in [6, 6.07) is 14.2.